The van der Waals surface area contributed by atoms with Crippen LogP contribution in [0.4, 0.5) is 22.9 Å². The number of nitrogen functional groups attached to an aromatic ring is 1. The number of anilines is 4. The number of amides is 1. The molecule has 0 spiro atoms. The minimum atomic E-state index is -0.240. The molecule has 0 aliphatic heterocycles. The first-order valence-electron chi connectivity index (χ1n) is 10.1. The lowest BCUT2D eigenvalue weighted by Crippen LogP contribution is -2.13. The summed E-state index contributed by atoms with van der Waals surface area (Å²) in [7, 11) is 3.20. The number of para-hydroxylation sites is 2. The first-order valence-corrected chi connectivity index (χ1v) is 10.1. The number of nitrogens with two attached hydrogens (primary N) is 1. The number of ether oxygens (including phenoxy) is 2. The molecular weight excluding hydrogens is 418 g/mol. The highest BCUT2D eigenvalue weighted by Crippen LogP contribution is 2.33. The summed E-state index contributed by atoms with van der Waals surface area (Å²) in [5, 5.41) is 6.18. The maximum Gasteiger partial charge on any atom is 0.255 e. The van der Waals surface area contributed by atoms with Crippen molar-refractivity contribution in [2.75, 3.05) is 30.6 Å². The highest BCUT2D eigenvalue weighted by molar-refractivity contribution is 6.06. The van der Waals surface area contributed by atoms with E-state index in [4.69, 9.17) is 15.2 Å². The molecule has 166 valence electrons. The average molecular weight is 441 g/mol. The summed E-state index contributed by atoms with van der Waals surface area (Å²) in [5.74, 6) is 1.64. The molecule has 0 saturated heterocycles. The largest absolute Gasteiger partial charge is 0.497 e. The Labute approximate surface area is 191 Å². The van der Waals surface area contributed by atoms with Gasteiger partial charge in [0.15, 0.2) is 0 Å². The number of hydrogen-bond acceptors (Lipinski definition) is 7. The molecule has 0 aliphatic carbocycles. The molecule has 3 aromatic carbocycles. The van der Waals surface area contributed by atoms with Crippen molar-refractivity contribution in [1.29, 1.82) is 0 Å². The molecule has 0 radical (unpaired) electrons. The van der Waals surface area contributed by atoms with E-state index in [0.717, 1.165) is 5.56 Å². The number of nitrogens with one attached hydrogen (secondary N) is 2. The first kappa shape index (κ1) is 21.6. The second kappa shape index (κ2) is 9.69. The van der Waals surface area contributed by atoms with Crippen molar-refractivity contribution in [3.63, 3.8) is 0 Å². The van der Waals surface area contributed by atoms with Crippen molar-refractivity contribution in [3.05, 3.63) is 84.7 Å². The van der Waals surface area contributed by atoms with Gasteiger partial charge in [-0.1, -0.05) is 12.1 Å². The Kier molecular flexibility index (Phi) is 6.36. The van der Waals surface area contributed by atoms with E-state index in [1.165, 1.54) is 6.33 Å². The highest BCUT2D eigenvalue weighted by Gasteiger charge is 2.12. The number of carbonyl (C=O) groups is 1. The minimum absolute atomic E-state index is 0.240. The van der Waals surface area contributed by atoms with Crippen molar-refractivity contribution in [3.8, 4) is 22.8 Å². The lowest BCUT2D eigenvalue weighted by Gasteiger charge is -2.14. The predicted octanol–water partition coefficient (Wildman–Crippen LogP) is 4.74. The van der Waals surface area contributed by atoms with Crippen LogP contribution < -0.4 is 25.8 Å². The van der Waals surface area contributed by atoms with Gasteiger partial charge in [0.05, 0.1) is 31.3 Å². The Morgan fingerprint density at radius 2 is 1.64 bits per heavy atom. The zero-order chi connectivity index (χ0) is 23.2. The van der Waals surface area contributed by atoms with Gasteiger partial charge in [-0.05, 0) is 48.5 Å². The van der Waals surface area contributed by atoms with Gasteiger partial charge < -0.3 is 25.8 Å². The molecule has 0 bridgehead atoms. The van der Waals surface area contributed by atoms with Gasteiger partial charge >= 0.3 is 0 Å². The van der Waals surface area contributed by atoms with Gasteiger partial charge in [-0.15, -0.1) is 0 Å². The molecule has 33 heavy (non-hydrogen) atoms. The van der Waals surface area contributed by atoms with Gasteiger partial charge in [-0.2, -0.15) is 0 Å². The van der Waals surface area contributed by atoms with Crippen LogP contribution in [0.25, 0.3) is 11.3 Å². The number of carbonyl (C=O) groups excluding carboxylic acids is 1. The molecule has 4 rings (SSSR count). The van der Waals surface area contributed by atoms with Gasteiger partial charge in [-0.25, -0.2) is 9.97 Å². The van der Waals surface area contributed by atoms with Crippen molar-refractivity contribution in [1.82, 2.24) is 9.97 Å². The molecule has 0 aliphatic rings. The maximum absolute atomic E-state index is 12.7. The monoisotopic (exact) mass is 441 g/mol. The summed E-state index contributed by atoms with van der Waals surface area (Å²) < 4.78 is 10.8. The predicted molar refractivity (Wildman–Crippen MR) is 129 cm³/mol. The Bertz CT molecular complexity index is 1280. The van der Waals surface area contributed by atoms with E-state index in [9.17, 15) is 4.79 Å². The standard InChI is InChI=1S/C25H23N5O3/c1-32-18-11-12-19(23(13-18)33-2)22-14-24(28-15-27-22)29-20-5-3-4-6-21(20)30-25(31)16-7-9-17(26)10-8-16/h3-15H,26H2,1-2H3,(H,30,31)(H,27,28,29). The van der Waals surface area contributed by atoms with Gasteiger partial charge in [0.2, 0.25) is 0 Å². The third-order valence-corrected chi connectivity index (χ3v) is 4.96. The van der Waals surface area contributed by atoms with E-state index < -0.39 is 0 Å². The van der Waals surface area contributed by atoms with Crippen LogP contribution in [0.15, 0.2) is 79.1 Å². The number of rotatable bonds is 7. The molecule has 1 aromatic heterocycles. The number of nitrogens with zero attached hydrogens (tertiary/aromatic N) is 2. The van der Waals surface area contributed by atoms with Crippen molar-refractivity contribution < 1.29 is 14.3 Å². The van der Waals surface area contributed by atoms with Gasteiger partial charge in [0.25, 0.3) is 5.91 Å². The van der Waals surface area contributed by atoms with Crippen LogP contribution in [-0.4, -0.2) is 30.1 Å². The zero-order valence-corrected chi connectivity index (χ0v) is 18.2. The molecule has 1 heterocycles. The van der Waals surface area contributed by atoms with Crippen molar-refractivity contribution in [2.24, 2.45) is 0 Å². The Balaban J connectivity index is 1.58. The zero-order valence-electron chi connectivity index (χ0n) is 18.2. The number of benzene rings is 3. The Morgan fingerprint density at radius 1 is 0.879 bits per heavy atom. The Morgan fingerprint density at radius 3 is 2.36 bits per heavy atom. The van der Waals surface area contributed by atoms with Crippen LogP contribution in [0.3, 0.4) is 0 Å². The fraction of sp³-hybridized carbons (Fsp3) is 0.0800. The average Bonchev–Trinajstić information content (AvgIpc) is 2.85. The maximum atomic E-state index is 12.7. The first-order chi connectivity index (χ1) is 16.1. The third kappa shape index (κ3) is 5.01. The summed E-state index contributed by atoms with van der Waals surface area (Å²) in [6, 6.07) is 21.5. The normalized spacial score (nSPS) is 10.4. The van der Waals surface area contributed by atoms with Crippen LogP contribution in [0, 0.1) is 0 Å². The molecule has 0 saturated carbocycles. The highest BCUT2D eigenvalue weighted by atomic mass is 16.5. The Hall–Kier alpha value is -4.59. The summed E-state index contributed by atoms with van der Waals surface area (Å²) in [5.41, 5.74) is 9.59. The molecule has 4 aromatic rings. The van der Waals surface area contributed by atoms with E-state index in [1.54, 1.807) is 44.6 Å². The third-order valence-electron chi connectivity index (χ3n) is 4.96. The lowest BCUT2D eigenvalue weighted by molar-refractivity contribution is 0.102. The second-order valence-electron chi connectivity index (χ2n) is 7.10. The topological polar surface area (TPSA) is 111 Å². The fourth-order valence-corrected chi connectivity index (χ4v) is 3.25. The van der Waals surface area contributed by atoms with Crippen LogP contribution in [0.1, 0.15) is 10.4 Å². The molecular formula is C25H23N5O3. The van der Waals surface area contributed by atoms with Crippen molar-refractivity contribution >= 4 is 28.8 Å². The summed E-state index contributed by atoms with van der Waals surface area (Å²) >= 11 is 0. The van der Waals surface area contributed by atoms with E-state index in [2.05, 4.69) is 20.6 Å². The summed E-state index contributed by atoms with van der Waals surface area (Å²) in [6.45, 7) is 0. The number of hydrogen-bond donors (Lipinski definition) is 3. The molecule has 8 nitrogen and oxygen atoms in total. The molecule has 0 atom stereocenters. The summed E-state index contributed by atoms with van der Waals surface area (Å²) in [6.07, 6.45) is 1.47. The molecule has 1 amide bonds. The number of aromatic nitrogens is 2. The van der Waals surface area contributed by atoms with Gasteiger partial charge in [0, 0.05) is 28.9 Å². The molecule has 0 fully saturated rings. The van der Waals surface area contributed by atoms with Crippen LogP contribution in [0.5, 0.6) is 11.5 Å². The van der Waals surface area contributed by atoms with Crippen LogP contribution >= 0.6 is 0 Å². The smallest absolute Gasteiger partial charge is 0.255 e. The van der Waals surface area contributed by atoms with E-state index in [1.807, 2.05) is 42.5 Å². The molecule has 4 N–H and O–H groups in total. The quantitative estimate of drug-likeness (QED) is 0.355. The van der Waals surface area contributed by atoms with Crippen LogP contribution in [-0.2, 0) is 0 Å². The van der Waals surface area contributed by atoms with E-state index in [-0.39, 0.29) is 5.91 Å². The number of methoxy groups -OCH3 is 2. The van der Waals surface area contributed by atoms with Gasteiger partial charge in [0.1, 0.15) is 23.6 Å². The summed E-state index contributed by atoms with van der Waals surface area (Å²) in [4.78, 5) is 21.4. The fourth-order valence-electron chi connectivity index (χ4n) is 3.25. The van der Waals surface area contributed by atoms with E-state index in [0.29, 0.717) is 45.6 Å². The molecule has 0 unspecified atom stereocenters. The lowest BCUT2D eigenvalue weighted by atomic mass is 10.1. The molecule has 8 heteroatoms. The van der Waals surface area contributed by atoms with Gasteiger partial charge in [-0.3, -0.25) is 4.79 Å². The SMILES string of the molecule is COc1ccc(-c2cc(Nc3ccccc3NC(=O)c3ccc(N)cc3)ncn2)c(OC)c1. The van der Waals surface area contributed by atoms with Crippen LogP contribution in [0.2, 0.25) is 0 Å². The van der Waals surface area contributed by atoms with E-state index >= 15 is 0 Å². The minimum Gasteiger partial charge on any atom is -0.497 e. The second-order valence-corrected chi connectivity index (χ2v) is 7.10. The van der Waals surface area contributed by atoms with Crippen molar-refractivity contribution in [2.45, 2.75) is 0 Å².